The Kier molecular flexibility index (Phi) is 6.88. The zero-order valence-electron chi connectivity index (χ0n) is 17.1. The summed E-state index contributed by atoms with van der Waals surface area (Å²) in [6.07, 6.45) is 1.78. The number of rotatable bonds is 9. The molecule has 0 aliphatic rings. The number of benzene rings is 1. The van der Waals surface area contributed by atoms with E-state index in [2.05, 4.69) is 10.1 Å². The van der Waals surface area contributed by atoms with Gasteiger partial charge in [0.15, 0.2) is 0 Å². The zero-order chi connectivity index (χ0) is 21.7. The maximum absolute atomic E-state index is 12.5. The highest BCUT2D eigenvalue weighted by Crippen LogP contribution is 2.22. The molecule has 0 saturated carbocycles. The van der Waals surface area contributed by atoms with Crippen LogP contribution < -0.4 is 4.31 Å². The fourth-order valence-corrected chi connectivity index (χ4v) is 4.56. The molecule has 0 spiro atoms. The van der Waals surface area contributed by atoms with Crippen molar-refractivity contribution >= 4 is 33.0 Å². The molecule has 0 atom stereocenters. The van der Waals surface area contributed by atoms with Crippen LogP contribution in [0.1, 0.15) is 24.3 Å². The predicted octanol–water partition coefficient (Wildman–Crippen LogP) is 3.31. The molecule has 0 bridgehead atoms. The van der Waals surface area contributed by atoms with E-state index in [0.29, 0.717) is 23.8 Å². The number of carbonyl (C=O) groups is 1. The molecule has 30 heavy (non-hydrogen) atoms. The van der Waals surface area contributed by atoms with Crippen LogP contribution in [0.4, 0.5) is 5.69 Å². The molecule has 0 aliphatic heterocycles. The molecule has 0 fully saturated rings. The monoisotopic (exact) mass is 448 g/mol. The maximum atomic E-state index is 12.5. The van der Waals surface area contributed by atoms with E-state index in [9.17, 15) is 13.2 Å². The summed E-state index contributed by atoms with van der Waals surface area (Å²) in [7, 11) is -1.79. The van der Waals surface area contributed by atoms with Gasteiger partial charge in [0.1, 0.15) is 0 Å². The van der Waals surface area contributed by atoms with Gasteiger partial charge in [-0.2, -0.15) is 4.98 Å². The van der Waals surface area contributed by atoms with Crippen LogP contribution in [0.2, 0.25) is 0 Å². The SMILES string of the molecule is Cc1cccc(N(CCCC(=O)N(C)Cc2nc(-c3cccs3)no2)S(C)(=O)=O)c1. The molecule has 2 heterocycles. The average Bonchev–Trinajstić information content (AvgIpc) is 3.35. The highest BCUT2D eigenvalue weighted by Gasteiger charge is 2.19. The largest absolute Gasteiger partial charge is 0.337 e. The molecule has 3 rings (SSSR count). The normalized spacial score (nSPS) is 11.4. The van der Waals surface area contributed by atoms with Crippen molar-refractivity contribution in [2.75, 3.05) is 24.2 Å². The summed E-state index contributed by atoms with van der Waals surface area (Å²) in [5.74, 6) is 0.734. The number of nitrogens with zero attached hydrogens (tertiary/aromatic N) is 4. The molecular formula is C20H24N4O4S2. The second-order valence-electron chi connectivity index (χ2n) is 7.02. The first kappa shape index (κ1) is 22.0. The van der Waals surface area contributed by atoms with Gasteiger partial charge in [0, 0.05) is 20.0 Å². The van der Waals surface area contributed by atoms with Gasteiger partial charge < -0.3 is 9.42 Å². The number of hydrogen-bond acceptors (Lipinski definition) is 7. The van der Waals surface area contributed by atoms with E-state index >= 15 is 0 Å². The number of aryl methyl sites for hydroxylation is 1. The molecule has 0 unspecified atom stereocenters. The Morgan fingerprint density at radius 3 is 2.70 bits per heavy atom. The third-order valence-electron chi connectivity index (χ3n) is 4.45. The number of sulfonamides is 1. The fraction of sp³-hybridized carbons (Fsp3) is 0.350. The van der Waals surface area contributed by atoms with E-state index in [0.717, 1.165) is 10.4 Å². The van der Waals surface area contributed by atoms with Gasteiger partial charge in [-0.25, -0.2) is 8.42 Å². The number of anilines is 1. The Morgan fingerprint density at radius 2 is 2.03 bits per heavy atom. The Labute approximate surface area is 180 Å². The van der Waals surface area contributed by atoms with E-state index in [1.807, 2.05) is 42.6 Å². The van der Waals surface area contributed by atoms with Gasteiger partial charge in [-0.05, 0) is 42.5 Å². The van der Waals surface area contributed by atoms with Gasteiger partial charge in [-0.3, -0.25) is 9.10 Å². The maximum Gasteiger partial charge on any atom is 0.246 e. The molecule has 8 nitrogen and oxygen atoms in total. The molecule has 1 aromatic carbocycles. The topological polar surface area (TPSA) is 96.6 Å². The van der Waals surface area contributed by atoms with E-state index in [1.165, 1.54) is 26.8 Å². The van der Waals surface area contributed by atoms with Crippen LogP contribution in [-0.2, 0) is 21.4 Å². The van der Waals surface area contributed by atoms with Crippen LogP contribution in [0.3, 0.4) is 0 Å². The Balaban J connectivity index is 1.55. The fourth-order valence-electron chi connectivity index (χ4n) is 2.95. The molecule has 10 heteroatoms. The van der Waals surface area contributed by atoms with Crippen LogP contribution in [0.5, 0.6) is 0 Å². The number of amides is 1. The minimum atomic E-state index is -3.44. The minimum absolute atomic E-state index is 0.122. The molecule has 2 aromatic heterocycles. The second-order valence-corrected chi connectivity index (χ2v) is 9.87. The van der Waals surface area contributed by atoms with E-state index in [4.69, 9.17) is 4.52 Å². The first-order valence-corrected chi connectivity index (χ1v) is 12.1. The third-order valence-corrected chi connectivity index (χ3v) is 6.51. The molecule has 160 valence electrons. The number of aromatic nitrogens is 2. The smallest absolute Gasteiger partial charge is 0.246 e. The minimum Gasteiger partial charge on any atom is -0.337 e. The number of hydrogen-bond donors (Lipinski definition) is 0. The van der Waals surface area contributed by atoms with Crippen molar-refractivity contribution < 1.29 is 17.7 Å². The van der Waals surface area contributed by atoms with Crippen LogP contribution in [-0.4, -0.2) is 49.2 Å². The molecule has 0 aliphatic carbocycles. The standard InChI is InChI=1S/C20H24N4O4S2/c1-15-7-4-8-16(13-15)24(30(3,26)27)11-5-10-19(25)23(2)14-18-21-20(22-28-18)17-9-6-12-29-17/h4,6-9,12-13H,5,10-11,14H2,1-3H3. The van der Waals surface area contributed by atoms with Crippen molar-refractivity contribution in [1.29, 1.82) is 0 Å². The van der Waals surface area contributed by atoms with Gasteiger partial charge in [0.25, 0.3) is 0 Å². The third kappa shape index (κ3) is 5.67. The van der Waals surface area contributed by atoms with Crippen molar-refractivity contribution in [3.63, 3.8) is 0 Å². The van der Waals surface area contributed by atoms with Gasteiger partial charge >= 0.3 is 0 Å². The van der Waals surface area contributed by atoms with E-state index in [-0.39, 0.29) is 25.4 Å². The predicted molar refractivity (Wildman–Crippen MR) is 117 cm³/mol. The summed E-state index contributed by atoms with van der Waals surface area (Å²) < 4.78 is 31.0. The van der Waals surface area contributed by atoms with Crippen molar-refractivity contribution in [3.8, 4) is 10.7 Å². The summed E-state index contributed by atoms with van der Waals surface area (Å²) in [6.45, 7) is 2.33. The Morgan fingerprint density at radius 1 is 1.23 bits per heavy atom. The van der Waals surface area contributed by atoms with Crippen LogP contribution in [0.25, 0.3) is 10.7 Å². The first-order valence-electron chi connectivity index (χ1n) is 9.39. The zero-order valence-corrected chi connectivity index (χ0v) is 18.7. The Hall–Kier alpha value is -2.72. The molecule has 1 amide bonds. The van der Waals surface area contributed by atoms with Crippen LogP contribution in [0, 0.1) is 6.92 Å². The summed E-state index contributed by atoms with van der Waals surface area (Å²) in [5, 5.41) is 5.87. The van der Waals surface area contributed by atoms with Crippen molar-refractivity contribution in [3.05, 3.63) is 53.2 Å². The summed E-state index contributed by atoms with van der Waals surface area (Å²) in [5.41, 5.74) is 1.57. The van der Waals surface area contributed by atoms with Crippen molar-refractivity contribution in [1.82, 2.24) is 15.0 Å². The highest BCUT2D eigenvalue weighted by molar-refractivity contribution is 7.92. The van der Waals surface area contributed by atoms with Crippen molar-refractivity contribution in [2.45, 2.75) is 26.3 Å². The Bertz CT molecular complexity index is 1090. The quantitative estimate of drug-likeness (QED) is 0.498. The van der Waals surface area contributed by atoms with Crippen LogP contribution >= 0.6 is 11.3 Å². The molecule has 0 saturated heterocycles. The summed E-state index contributed by atoms with van der Waals surface area (Å²) in [6, 6.07) is 11.1. The average molecular weight is 449 g/mol. The number of carbonyl (C=O) groups excluding carboxylic acids is 1. The number of thiophene rings is 1. The lowest BCUT2D eigenvalue weighted by molar-refractivity contribution is -0.130. The van der Waals surface area contributed by atoms with Gasteiger partial charge in [-0.1, -0.05) is 23.4 Å². The van der Waals surface area contributed by atoms with Gasteiger partial charge in [0.2, 0.25) is 27.6 Å². The van der Waals surface area contributed by atoms with Crippen LogP contribution in [0.15, 0.2) is 46.3 Å². The molecule has 3 aromatic rings. The van der Waals surface area contributed by atoms with Gasteiger partial charge in [0.05, 0.1) is 23.4 Å². The lowest BCUT2D eigenvalue weighted by Crippen LogP contribution is -2.32. The highest BCUT2D eigenvalue weighted by atomic mass is 32.2. The van der Waals surface area contributed by atoms with E-state index in [1.54, 1.807) is 13.1 Å². The molecule has 0 N–H and O–H groups in total. The summed E-state index contributed by atoms with van der Waals surface area (Å²) >= 11 is 1.51. The van der Waals surface area contributed by atoms with E-state index < -0.39 is 10.0 Å². The summed E-state index contributed by atoms with van der Waals surface area (Å²) in [4.78, 5) is 19.2. The lowest BCUT2D eigenvalue weighted by atomic mass is 10.2. The lowest BCUT2D eigenvalue weighted by Gasteiger charge is -2.23. The van der Waals surface area contributed by atoms with Gasteiger partial charge in [-0.15, -0.1) is 11.3 Å². The molecule has 0 radical (unpaired) electrons. The molecular weight excluding hydrogens is 424 g/mol. The second kappa shape index (κ2) is 9.40. The van der Waals surface area contributed by atoms with Crippen molar-refractivity contribution in [2.24, 2.45) is 0 Å². The first-order chi connectivity index (χ1) is 14.2.